The third-order valence-electron chi connectivity index (χ3n) is 4.87. The lowest BCUT2D eigenvalue weighted by Crippen LogP contribution is -2.23. The van der Waals surface area contributed by atoms with Crippen molar-refractivity contribution in [2.45, 2.75) is 66.1 Å². The third-order valence-corrected chi connectivity index (χ3v) is 4.87. The number of halogens is 2. The van der Waals surface area contributed by atoms with E-state index in [0.717, 1.165) is 5.57 Å². The molecule has 31 heavy (non-hydrogen) atoms. The van der Waals surface area contributed by atoms with Gasteiger partial charge in [-0.25, -0.2) is 4.79 Å². The largest absolute Gasteiger partial charge is 0.496 e. The minimum absolute atomic E-state index is 0.0268. The summed E-state index contributed by atoms with van der Waals surface area (Å²) in [6.07, 6.45) is -0.825. The highest BCUT2D eigenvalue weighted by molar-refractivity contribution is 6.06. The predicted molar refractivity (Wildman–Crippen MR) is 109 cm³/mol. The molecule has 0 saturated carbocycles. The molecule has 0 aliphatic carbocycles. The van der Waals surface area contributed by atoms with Crippen LogP contribution in [-0.2, 0) is 32.1 Å². The number of hydrogen-bond acceptors (Lipinski definition) is 6. The number of anilines is 1. The summed E-state index contributed by atoms with van der Waals surface area (Å²) in [5.74, 6) is -2.15. The molecule has 1 aromatic rings. The molecular weight excluding hydrogens is 412 g/mol. The number of rotatable bonds is 9. The van der Waals surface area contributed by atoms with Crippen LogP contribution < -0.4 is 10.1 Å². The van der Waals surface area contributed by atoms with Gasteiger partial charge in [0.15, 0.2) is 0 Å². The normalized spacial score (nSPS) is 13.3. The maximum absolute atomic E-state index is 12.9. The Bertz CT molecular complexity index is 908. The molecule has 0 unspecified atom stereocenters. The monoisotopic (exact) mass is 439 g/mol. The summed E-state index contributed by atoms with van der Waals surface area (Å²) in [5, 5.41) is 2.17. The van der Waals surface area contributed by atoms with Crippen molar-refractivity contribution in [3.63, 3.8) is 0 Å². The third kappa shape index (κ3) is 5.80. The van der Waals surface area contributed by atoms with E-state index < -0.39 is 18.3 Å². The number of esters is 2. The first-order valence-corrected chi connectivity index (χ1v) is 9.90. The quantitative estimate of drug-likeness (QED) is 0.460. The highest BCUT2D eigenvalue weighted by atomic mass is 19.3. The van der Waals surface area contributed by atoms with Crippen molar-refractivity contribution in [3.8, 4) is 5.75 Å². The van der Waals surface area contributed by atoms with E-state index in [-0.39, 0.29) is 42.8 Å². The Balaban J connectivity index is 2.39. The minimum Gasteiger partial charge on any atom is -0.496 e. The first-order chi connectivity index (χ1) is 14.6. The molecule has 1 aliphatic rings. The van der Waals surface area contributed by atoms with Gasteiger partial charge in [0.2, 0.25) is 0 Å². The molecule has 1 aromatic carbocycles. The summed E-state index contributed by atoms with van der Waals surface area (Å²) in [6, 6.07) is 0. The highest BCUT2D eigenvalue weighted by Gasteiger charge is 2.33. The second kappa shape index (κ2) is 10.4. The molecule has 1 heterocycles. The fourth-order valence-corrected chi connectivity index (χ4v) is 3.37. The summed E-state index contributed by atoms with van der Waals surface area (Å²) >= 11 is 0. The number of amides is 1. The van der Waals surface area contributed by atoms with Crippen molar-refractivity contribution in [2.24, 2.45) is 0 Å². The van der Waals surface area contributed by atoms with Crippen molar-refractivity contribution >= 4 is 23.5 Å². The molecule has 7 nitrogen and oxygen atoms in total. The number of ether oxygens (including phenoxy) is 3. The molecule has 1 aliphatic heterocycles. The van der Waals surface area contributed by atoms with E-state index in [1.165, 1.54) is 7.11 Å². The average Bonchev–Trinajstić information content (AvgIpc) is 3.08. The van der Waals surface area contributed by atoms with Crippen molar-refractivity contribution in [1.82, 2.24) is 0 Å². The van der Waals surface area contributed by atoms with Crippen molar-refractivity contribution < 1.29 is 37.4 Å². The van der Waals surface area contributed by atoms with Gasteiger partial charge in [-0.3, -0.25) is 9.59 Å². The van der Waals surface area contributed by atoms with E-state index in [0.29, 0.717) is 28.9 Å². The molecule has 0 spiro atoms. The fraction of sp³-hybridized carbons (Fsp3) is 0.500. The minimum atomic E-state index is -3.25. The van der Waals surface area contributed by atoms with Gasteiger partial charge in [-0.15, -0.1) is 0 Å². The number of hydrogen-bond donors (Lipinski definition) is 1. The number of alkyl halides is 2. The van der Waals surface area contributed by atoms with Crippen LogP contribution >= 0.6 is 0 Å². The molecule has 0 aromatic heterocycles. The van der Waals surface area contributed by atoms with Gasteiger partial charge in [-0.1, -0.05) is 11.6 Å². The van der Waals surface area contributed by atoms with Crippen LogP contribution in [0.1, 0.15) is 60.7 Å². The zero-order chi connectivity index (χ0) is 23.3. The van der Waals surface area contributed by atoms with E-state index in [1.807, 2.05) is 6.92 Å². The Labute approximate surface area is 179 Å². The van der Waals surface area contributed by atoms with Crippen LogP contribution in [0.4, 0.5) is 14.5 Å². The van der Waals surface area contributed by atoms with Crippen molar-refractivity contribution in [3.05, 3.63) is 33.9 Å². The molecule has 9 heteroatoms. The lowest BCUT2D eigenvalue weighted by Gasteiger charge is -2.19. The fourth-order valence-electron chi connectivity index (χ4n) is 3.37. The summed E-state index contributed by atoms with van der Waals surface area (Å²) in [7, 11) is 1.42. The summed E-state index contributed by atoms with van der Waals surface area (Å²) in [6.45, 7) is 7.06. The van der Waals surface area contributed by atoms with Gasteiger partial charge >= 0.3 is 18.4 Å². The zero-order valence-corrected chi connectivity index (χ0v) is 18.3. The van der Waals surface area contributed by atoms with Crippen LogP contribution in [0.15, 0.2) is 11.6 Å². The van der Waals surface area contributed by atoms with E-state index in [4.69, 9.17) is 14.2 Å². The van der Waals surface area contributed by atoms with Crippen LogP contribution in [0.5, 0.6) is 5.75 Å². The Morgan fingerprint density at radius 2 is 1.94 bits per heavy atom. The standard InChI is InChI=1S/C22H27F2NO6/c1-11(2)31-16(26)9-7-12(3)6-8-14-18(25-21(27)20(23)24)17-15(10-30-22(17)28)13(4)19(14)29-5/h6,11,20H,7-10H2,1-5H3,(H,25,27). The highest BCUT2D eigenvalue weighted by Crippen LogP contribution is 2.41. The molecule has 0 fully saturated rings. The van der Waals surface area contributed by atoms with Gasteiger partial charge in [0.25, 0.3) is 5.91 Å². The van der Waals surface area contributed by atoms with E-state index >= 15 is 0 Å². The van der Waals surface area contributed by atoms with Gasteiger partial charge < -0.3 is 19.5 Å². The summed E-state index contributed by atoms with van der Waals surface area (Å²) < 4.78 is 41.5. The lowest BCUT2D eigenvalue weighted by molar-refractivity contribution is -0.147. The second-order valence-corrected chi connectivity index (χ2v) is 7.52. The van der Waals surface area contributed by atoms with Gasteiger partial charge in [-0.2, -0.15) is 8.78 Å². The molecule has 0 bridgehead atoms. The Hall–Kier alpha value is -2.97. The summed E-state index contributed by atoms with van der Waals surface area (Å²) in [4.78, 5) is 35.8. The Morgan fingerprint density at radius 1 is 1.26 bits per heavy atom. The number of methoxy groups -OCH3 is 1. The average molecular weight is 439 g/mol. The first kappa shape index (κ1) is 24.3. The van der Waals surface area contributed by atoms with Gasteiger partial charge in [0.05, 0.1) is 24.5 Å². The van der Waals surface area contributed by atoms with Gasteiger partial charge in [0, 0.05) is 17.5 Å². The lowest BCUT2D eigenvalue weighted by atomic mass is 9.93. The number of allylic oxidation sites excluding steroid dienone is 2. The van der Waals surface area contributed by atoms with E-state index in [9.17, 15) is 23.2 Å². The molecule has 0 saturated heterocycles. The van der Waals surface area contributed by atoms with Crippen LogP contribution in [0.25, 0.3) is 0 Å². The molecule has 1 N–H and O–H groups in total. The topological polar surface area (TPSA) is 90.9 Å². The smallest absolute Gasteiger partial charge is 0.341 e. The Kier molecular flexibility index (Phi) is 8.13. The molecule has 2 rings (SSSR count). The molecule has 1 amide bonds. The van der Waals surface area contributed by atoms with Crippen LogP contribution in [0.2, 0.25) is 0 Å². The number of cyclic esters (lactones) is 1. The predicted octanol–water partition coefficient (Wildman–Crippen LogP) is 4.10. The molecule has 170 valence electrons. The second-order valence-electron chi connectivity index (χ2n) is 7.52. The summed E-state index contributed by atoms with van der Waals surface area (Å²) in [5.41, 5.74) is 2.40. The van der Waals surface area contributed by atoms with Gasteiger partial charge in [-0.05, 0) is 46.1 Å². The first-order valence-electron chi connectivity index (χ1n) is 9.90. The van der Waals surface area contributed by atoms with Crippen LogP contribution in [-0.4, -0.2) is 37.5 Å². The Morgan fingerprint density at radius 3 is 2.52 bits per heavy atom. The molecule has 0 radical (unpaired) electrons. The number of benzene rings is 1. The van der Waals surface area contributed by atoms with Crippen molar-refractivity contribution in [1.29, 1.82) is 0 Å². The van der Waals surface area contributed by atoms with E-state index in [2.05, 4.69) is 5.32 Å². The molecule has 0 atom stereocenters. The number of carbonyl (C=O) groups excluding carboxylic acids is 3. The van der Waals surface area contributed by atoms with Crippen LogP contribution in [0, 0.1) is 6.92 Å². The number of nitrogens with one attached hydrogen (secondary N) is 1. The zero-order valence-electron chi connectivity index (χ0n) is 18.3. The molecular formula is C22H27F2NO6. The maximum Gasteiger partial charge on any atom is 0.341 e. The number of fused-ring (bicyclic) bond motifs is 1. The number of carbonyl (C=O) groups is 3. The van der Waals surface area contributed by atoms with Crippen LogP contribution in [0.3, 0.4) is 0 Å². The van der Waals surface area contributed by atoms with Gasteiger partial charge in [0.1, 0.15) is 12.4 Å². The maximum atomic E-state index is 12.9. The van der Waals surface area contributed by atoms with E-state index in [1.54, 1.807) is 26.8 Å². The SMILES string of the molecule is COc1c(C)c2c(c(NC(=O)C(F)F)c1CC=C(C)CCC(=O)OC(C)C)C(=O)OC2. The van der Waals surface area contributed by atoms with Crippen molar-refractivity contribution in [2.75, 3.05) is 12.4 Å².